The number of hydrogen-bond donors (Lipinski definition) is 0. The normalized spacial score (nSPS) is 13.6. The lowest BCUT2D eigenvalue weighted by Gasteiger charge is -2.35. The van der Waals surface area contributed by atoms with Gasteiger partial charge in [0.15, 0.2) is 0 Å². The average Bonchev–Trinajstić information content (AvgIpc) is 2.64. The van der Waals surface area contributed by atoms with Gasteiger partial charge in [0.1, 0.15) is 11.4 Å². The first-order valence-corrected chi connectivity index (χ1v) is 8.53. The molecule has 0 bridgehead atoms. The molecule has 1 amide bonds. The predicted octanol–water partition coefficient (Wildman–Crippen LogP) is 3.85. The maximum atomic E-state index is 12.4. The van der Waals surface area contributed by atoms with Crippen LogP contribution in [0, 0.1) is 0 Å². The second-order valence-electron chi connectivity index (χ2n) is 5.32. The molecule has 0 N–H and O–H groups in total. The lowest BCUT2D eigenvalue weighted by atomic mass is 9.97. The zero-order chi connectivity index (χ0) is 18.0. The summed E-state index contributed by atoms with van der Waals surface area (Å²) in [5.74, 6) is 0.109. The van der Waals surface area contributed by atoms with Gasteiger partial charge in [-0.25, -0.2) is 4.79 Å². The number of carbonyl (C=O) groups excluding carboxylic acids is 2. The van der Waals surface area contributed by atoms with Crippen LogP contribution in [-0.4, -0.2) is 30.4 Å². The highest BCUT2D eigenvalue weighted by atomic mass is 79.9. The van der Waals surface area contributed by atoms with Gasteiger partial charge in [-0.3, -0.25) is 4.79 Å². The minimum absolute atomic E-state index is 0.208. The van der Waals surface area contributed by atoms with E-state index >= 15 is 0 Å². The van der Waals surface area contributed by atoms with Crippen LogP contribution >= 0.6 is 15.9 Å². The van der Waals surface area contributed by atoms with E-state index in [1.54, 1.807) is 35.2 Å². The number of hydrogen-bond acceptors (Lipinski definition) is 4. The molecule has 0 spiro atoms. The first kappa shape index (κ1) is 17.2. The van der Waals surface area contributed by atoms with Gasteiger partial charge in [0.2, 0.25) is 5.76 Å². The van der Waals surface area contributed by atoms with Crippen molar-refractivity contribution in [3.8, 4) is 5.75 Å². The molecule has 0 radical (unpaired) electrons. The van der Waals surface area contributed by atoms with Crippen molar-refractivity contribution in [2.24, 2.45) is 0 Å². The second kappa shape index (κ2) is 7.11. The Kier molecular flexibility index (Phi) is 4.90. The quantitative estimate of drug-likeness (QED) is 0.714. The molecule has 0 saturated heterocycles. The average molecular weight is 402 g/mol. The maximum absolute atomic E-state index is 12.4. The number of halogens is 1. The molecule has 1 heterocycles. The smallest absolute Gasteiger partial charge is 0.338 e. The van der Waals surface area contributed by atoms with Crippen molar-refractivity contribution < 1.29 is 19.1 Å². The van der Waals surface area contributed by atoms with Crippen LogP contribution in [0.25, 0.3) is 5.70 Å². The van der Waals surface area contributed by atoms with E-state index in [9.17, 15) is 9.59 Å². The molecule has 0 atom stereocenters. The summed E-state index contributed by atoms with van der Waals surface area (Å²) in [5, 5.41) is 0. The van der Waals surface area contributed by atoms with Crippen LogP contribution in [0.4, 0.5) is 0 Å². The van der Waals surface area contributed by atoms with Gasteiger partial charge < -0.3 is 14.4 Å². The molecule has 2 aromatic carbocycles. The van der Waals surface area contributed by atoms with Gasteiger partial charge in [0.25, 0.3) is 5.91 Å². The SMILES string of the molecule is CCN1C(=O)C(Oc2ccc(Br)cc2)=C1c1ccccc1C(=O)OC. The molecule has 3 rings (SSSR count). The Labute approximate surface area is 154 Å². The number of benzene rings is 2. The largest absolute Gasteiger partial charge is 0.465 e. The van der Waals surface area contributed by atoms with Crippen molar-refractivity contribution in [1.82, 2.24) is 4.90 Å². The molecule has 5 nitrogen and oxygen atoms in total. The summed E-state index contributed by atoms with van der Waals surface area (Å²) in [5.41, 5.74) is 1.60. The standard InChI is InChI=1S/C19H16BrNO4/c1-3-21-16(14-6-4-5-7-15(14)19(23)24-2)17(18(21)22)25-13-10-8-12(20)9-11-13/h4-11H,3H2,1-2H3. The number of carbonyl (C=O) groups is 2. The van der Waals surface area contributed by atoms with E-state index in [-0.39, 0.29) is 11.7 Å². The van der Waals surface area contributed by atoms with Crippen molar-refractivity contribution in [2.75, 3.05) is 13.7 Å². The topological polar surface area (TPSA) is 55.8 Å². The van der Waals surface area contributed by atoms with Crippen molar-refractivity contribution in [3.63, 3.8) is 0 Å². The van der Waals surface area contributed by atoms with Crippen LogP contribution in [0.3, 0.4) is 0 Å². The Morgan fingerprint density at radius 1 is 1.12 bits per heavy atom. The summed E-state index contributed by atoms with van der Waals surface area (Å²) in [6.07, 6.45) is 0. The van der Waals surface area contributed by atoms with Crippen LogP contribution in [0.2, 0.25) is 0 Å². The number of nitrogens with zero attached hydrogens (tertiary/aromatic N) is 1. The molecular weight excluding hydrogens is 386 g/mol. The number of amides is 1. The van der Waals surface area contributed by atoms with E-state index < -0.39 is 5.97 Å². The minimum Gasteiger partial charge on any atom is -0.465 e. The van der Waals surface area contributed by atoms with Crippen LogP contribution in [0.5, 0.6) is 5.75 Å². The predicted molar refractivity (Wildman–Crippen MR) is 96.9 cm³/mol. The van der Waals surface area contributed by atoms with Gasteiger partial charge >= 0.3 is 5.97 Å². The second-order valence-corrected chi connectivity index (χ2v) is 6.24. The van der Waals surface area contributed by atoms with Crippen molar-refractivity contribution in [3.05, 3.63) is 69.9 Å². The lowest BCUT2D eigenvalue weighted by molar-refractivity contribution is -0.129. The molecule has 2 aromatic rings. The molecule has 1 aliphatic heterocycles. The number of likely N-dealkylation sites (N-methyl/N-ethyl adjacent to an activating group) is 1. The van der Waals surface area contributed by atoms with Gasteiger partial charge in [-0.05, 0) is 37.3 Å². The number of esters is 1. The molecule has 6 heteroatoms. The molecule has 0 aliphatic carbocycles. The summed E-state index contributed by atoms with van der Waals surface area (Å²) >= 11 is 3.36. The van der Waals surface area contributed by atoms with Gasteiger partial charge in [0.05, 0.1) is 12.7 Å². The van der Waals surface area contributed by atoms with E-state index in [1.165, 1.54) is 7.11 Å². The summed E-state index contributed by atoms with van der Waals surface area (Å²) in [6.45, 7) is 2.35. The van der Waals surface area contributed by atoms with Gasteiger partial charge in [-0.15, -0.1) is 0 Å². The summed E-state index contributed by atoms with van der Waals surface area (Å²) in [7, 11) is 1.33. The van der Waals surface area contributed by atoms with Crippen LogP contribution in [0.15, 0.2) is 58.8 Å². The highest BCUT2D eigenvalue weighted by molar-refractivity contribution is 9.10. The Morgan fingerprint density at radius 2 is 1.80 bits per heavy atom. The highest BCUT2D eigenvalue weighted by Gasteiger charge is 2.40. The van der Waals surface area contributed by atoms with E-state index in [4.69, 9.17) is 9.47 Å². The minimum atomic E-state index is -0.457. The fourth-order valence-corrected chi connectivity index (χ4v) is 2.92. The molecule has 128 valence electrons. The third kappa shape index (κ3) is 3.17. The Hall–Kier alpha value is -2.60. The Bertz CT molecular complexity index is 858. The van der Waals surface area contributed by atoms with E-state index in [1.807, 2.05) is 25.1 Å². The van der Waals surface area contributed by atoms with E-state index in [0.29, 0.717) is 29.1 Å². The van der Waals surface area contributed by atoms with Crippen molar-refractivity contribution in [1.29, 1.82) is 0 Å². The Morgan fingerprint density at radius 3 is 2.44 bits per heavy atom. The lowest BCUT2D eigenvalue weighted by Crippen LogP contribution is -2.43. The molecule has 0 saturated carbocycles. The maximum Gasteiger partial charge on any atom is 0.338 e. The summed E-state index contributed by atoms with van der Waals surface area (Å²) < 4.78 is 11.6. The van der Waals surface area contributed by atoms with Gasteiger partial charge in [-0.2, -0.15) is 0 Å². The van der Waals surface area contributed by atoms with E-state index in [0.717, 1.165) is 4.47 Å². The first-order valence-electron chi connectivity index (χ1n) is 7.74. The molecule has 1 aliphatic rings. The fourth-order valence-electron chi connectivity index (χ4n) is 2.65. The van der Waals surface area contributed by atoms with Crippen LogP contribution < -0.4 is 4.74 Å². The van der Waals surface area contributed by atoms with Crippen molar-refractivity contribution in [2.45, 2.75) is 6.92 Å². The van der Waals surface area contributed by atoms with Crippen LogP contribution in [0.1, 0.15) is 22.8 Å². The van der Waals surface area contributed by atoms with Crippen LogP contribution in [-0.2, 0) is 9.53 Å². The van der Waals surface area contributed by atoms with Gasteiger partial charge in [0, 0.05) is 16.6 Å². The molecule has 0 aromatic heterocycles. The number of rotatable bonds is 5. The number of ether oxygens (including phenoxy) is 2. The summed E-state index contributed by atoms with van der Waals surface area (Å²) in [4.78, 5) is 26.1. The van der Waals surface area contributed by atoms with Gasteiger partial charge in [-0.1, -0.05) is 34.1 Å². The summed E-state index contributed by atoms with van der Waals surface area (Å²) in [6, 6.07) is 14.2. The zero-order valence-electron chi connectivity index (χ0n) is 13.8. The Balaban J connectivity index is 2.07. The van der Waals surface area contributed by atoms with Crippen molar-refractivity contribution >= 4 is 33.5 Å². The zero-order valence-corrected chi connectivity index (χ0v) is 15.4. The fraction of sp³-hybridized carbons (Fsp3) is 0.158. The monoisotopic (exact) mass is 401 g/mol. The third-order valence-electron chi connectivity index (χ3n) is 3.86. The first-order chi connectivity index (χ1) is 12.1. The third-order valence-corrected chi connectivity index (χ3v) is 4.39. The molecule has 25 heavy (non-hydrogen) atoms. The molecule has 0 fully saturated rings. The highest BCUT2D eigenvalue weighted by Crippen LogP contribution is 2.37. The number of methoxy groups -OCH3 is 1. The van der Waals surface area contributed by atoms with E-state index in [2.05, 4.69) is 15.9 Å². The molecular formula is C19H16BrNO4. The molecule has 0 unspecified atom stereocenters.